The number of hydrogen-bond acceptors (Lipinski definition) is 5. The predicted octanol–water partition coefficient (Wildman–Crippen LogP) is 2.91. The second-order valence-electron chi connectivity index (χ2n) is 2.47. The van der Waals surface area contributed by atoms with Gasteiger partial charge in [-0.05, 0) is 13.2 Å². The molecule has 0 bridgehead atoms. The molecule has 0 spiro atoms. The van der Waals surface area contributed by atoms with Crippen LogP contribution in [0.4, 0.5) is 10.5 Å². The Kier molecular flexibility index (Phi) is 4.46. The lowest BCUT2D eigenvalue weighted by Crippen LogP contribution is -2.13. The van der Waals surface area contributed by atoms with E-state index in [2.05, 4.69) is 11.4 Å². The Bertz CT molecular complexity index is 395. The maximum atomic E-state index is 11.1. The zero-order chi connectivity index (χ0) is 11.3. The Labute approximate surface area is 96.2 Å². The smallest absolute Gasteiger partial charge is 0.411 e. The van der Waals surface area contributed by atoms with Crippen molar-refractivity contribution in [2.75, 3.05) is 18.2 Å². The van der Waals surface area contributed by atoms with E-state index in [1.807, 2.05) is 6.26 Å². The molecule has 1 N–H and O–H groups in total. The number of anilines is 1. The van der Waals surface area contributed by atoms with Crippen molar-refractivity contribution in [1.82, 2.24) is 0 Å². The van der Waals surface area contributed by atoms with Gasteiger partial charge in [0.25, 0.3) is 0 Å². The number of carbonyl (C=O) groups excluding carboxylic acids is 1. The van der Waals surface area contributed by atoms with Crippen LogP contribution < -0.4 is 5.32 Å². The molecule has 0 aliphatic rings. The molecule has 1 rings (SSSR count). The van der Waals surface area contributed by atoms with Gasteiger partial charge < -0.3 is 4.74 Å². The lowest BCUT2D eigenvalue weighted by Gasteiger charge is -2.03. The Hall–Kier alpha value is -1.19. The Morgan fingerprint density at radius 1 is 1.80 bits per heavy atom. The molecule has 0 saturated heterocycles. The highest BCUT2D eigenvalue weighted by molar-refractivity contribution is 8.00. The topological polar surface area (TPSA) is 62.1 Å². The molecule has 0 radical (unpaired) electrons. The van der Waals surface area contributed by atoms with Crippen molar-refractivity contribution in [1.29, 1.82) is 5.26 Å². The third-order valence-corrected chi connectivity index (χ3v) is 3.70. The first-order chi connectivity index (χ1) is 7.22. The Morgan fingerprint density at radius 3 is 3.07 bits per heavy atom. The van der Waals surface area contributed by atoms with Gasteiger partial charge in [-0.15, -0.1) is 23.1 Å². The van der Waals surface area contributed by atoms with E-state index in [0.717, 1.165) is 4.21 Å². The fraction of sp³-hybridized carbons (Fsp3) is 0.333. The minimum Gasteiger partial charge on any atom is -0.450 e. The van der Waals surface area contributed by atoms with E-state index in [4.69, 9.17) is 10.00 Å². The summed E-state index contributed by atoms with van der Waals surface area (Å²) in [4.78, 5) is 11.1. The van der Waals surface area contributed by atoms with E-state index in [0.29, 0.717) is 17.9 Å². The second-order valence-corrected chi connectivity index (χ2v) is 4.43. The number of thioether (sulfide) groups is 1. The minimum atomic E-state index is -0.528. The molecule has 0 aliphatic heterocycles. The predicted molar refractivity (Wildman–Crippen MR) is 61.5 cm³/mol. The molecule has 80 valence electrons. The standard InChI is InChI=1S/C9H10N2O2S2/c1-3-13-9(12)11-7-5-15-8(14-2)6(7)4-10/h5H,3H2,1-2H3,(H,11,12). The third kappa shape index (κ3) is 2.88. The van der Waals surface area contributed by atoms with Crippen molar-refractivity contribution in [3.8, 4) is 6.07 Å². The second kappa shape index (κ2) is 5.63. The van der Waals surface area contributed by atoms with Crippen LogP contribution in [0.3, 0.4) is 0 Å². The van der Waals surface area contributed by atoms with Gasteiger partial charge in [0.05, 0.1) is 16.5 Å². The first-order valence-electron chi connectivity index (χ1n) is 4.22. The molecule has 0 atom stereocenters. The van der Waals surface area contributed by atoms with Crippen LogP contribution in [-0.2, 0) is 4.74 Å². The molecule has 4 nitrogen and oxygen atoms in total. The van der Waals surface area contributed by atoms with Crippen molar-refractivity contribution >= 4 is 34.9 Å². The van der Waals surface area contributed by atoms with Gasteiger partial charge in [0, 0.05) is 5.38 Å². The van der Waals surface area contributed by atoms with Crippen LogP contribution in [0.25, 0.3) is 0 Å². The molecule has 1 aromatic heterocycles. The number of thiophene rings is 1. The van der Waals surface area contributed by atoms with E-state index in [9.17, 15) is 4.79 Å². The summed E-state index contributed by atoms with van der Waals surface area (Å²) in [5.41, 5.74) is 1.02. The minimum absolute atomic E-state index is 0.313. The molecule has 6 heteroatoms. The number of rotatable bonds is 3. The van der Waals surface area contributed by atoms with Crippen LogP contribution >= 0.6 is 23.1 Å². The first-order valence-corrected chi connectivity index (χ1v) is 6.32. The van der Waals surface area contributed by atoms with Gasteiger partial charge in [-0.1, -0.05) is 0 Å². The summed E-state index contributed by atoms with van der Waals surface area (Å²) < 4.78 is 5.62. The van der Waals surface area contributed by atoms with Gasteiger partial charge in [0.15, 0.2) is 0 Å². The van der Waals surface area contributed by atoms with E-state index >= 15 is 0 Å². The van der Waals surface area contributed by atoms with Gasteiger partial charge in [0.2, 0.25) is 0 Å². The molecular weight excluding hydrogens is 232 g/mol. The number of ether oxygens (including phenoxy) is 1. The molecule has 1 heterocycles. The number of nitrogens with zero attached hydrogens (tertiary/aromatic N) is 1. The average molecular weight is 242 g/mol. The van der Waals surface area contributed by atoms with Gasteiger partial charge in [-0.25, -0.2) is 4.79 Å². The number of nitrogens with one attached hydrogen (secondary N) is 1. The molecule has 0 unspecified atom stereocenters. The Balaban J connectivity index is 2.82. The number of amides is 1. The maximum Gasteiger partial charge on any atom is 0.411 e. The highest BCUT2D eigenvalue weighted by Crippen LogP contribution is 2.33. The van der Waals surface area contributed by atoms with E-state index in [1.54, 1.807) is 12.3 Å². The summed E-state index contributed by atoms with van der Waals surface area (Å²) in [6, 6.07) is 2.06. The van der Waals surface area contributed by atoms with Gasteiger partial charge in [-0.2, -0.15) is 5.26 Å². The molecule has 0 aliphatic carbocycles. The zero-order valence-corrected chi connectivity index (χ0v) is 10.00. The molecule has 1 amide bonds. The molecule has 0 saturated carbocycles. The van der Waals surface area contributed by atoms with Gasteiger partial charge in [0.1, 0.15) is 11.6 Å². The zero-order valence-electron chi connectivity index (χ0n) is 8.36. The SMILES string of the molecule is CCOC(=O)Nc1csc(SC)c1C#N. The quantitative estimate of drug-likeness (QED) is 0.828. The normalized spacial score (nSPS) is 9.40. The summed E-state index contributed by atoms with van der Waals surface area (Å²) in [7, 11) is 0. The summed E-state index contributed by atoms with van der Waals surface area (Å²) in [5, 5.41) is 13.2. The lowest BCUT2D eigenvalue weighted by molar-refractivity contribution is 0.168. The van der Waals surface area contributed by atoms with Crippen LogP contribution in [0.1, 0.15) is 12.5 Å². The summed E-state index contributed by atoms with van der Waals surface area (Å²) in [6.07, 6.45) is 1.36. The summed E-state index contributed by atoms with van der Waals surface area (Å²) >= 11 is 2.92. The third-order valence-electron chi connectivity index (χ3n) is 1.57. The van der Waals surface area contributed by atoms with E-state index in [1.165, 1.54) is 23.1 Å². The molecule has 0 fully saturated rings. The monoisotopic (exact) mass is 242 g/mol. The van der Waals surface area contributed by atoms with Crippen LogP contribution in [0.15, 0.2) is 9.59 Å². The van der Waals surface area contributed by atoms with E-state index < -0.39 is 6.09 Å². The fourth-order valence-electron chi connectivity index (χ4n) is 0.965. The Morgan fingerprint density at radius 2 is 2.53 bits per heavy atom. The molecular formula is C9H10N2O2S2. The van der Waals surface area contributed by atoms with Crippen molar-refractivity contribution in [3.63, 3.8) is 0 Å². The largest absolute Gasteiger partial charge is 0.450 e. The van der Waals surface area contributed by atoms with Crippen LogP contribution in [-0.4, -0.2) is 19.0 Å². The van der Waals surface area contributed by atoms with Gasteiger partial charge >= 0.3 is 6.09 Å². The molecule has 0 aromatic carbocycles. The van der Waals surface area contributed by atoms with Crippen molar-refractivity contribution in [3.05, 3.63) is 10.9 Å². The van der Waals surface area contributed by atoms with Gasteiger partial charge in [-0.3, -0.25) is 5.32 Å². The van der Waals surface area contributed by atoms with Crippen LogP contribution in [0.2, 0.25) is 0 Å². The summed E-state index contributed by atoms with van der Waals surface area (Å²) in [5.74, 6) is 0. The van der Waals surface area contributed by atoms with Crippen LogP contribution in [0.5, 0.6) is 0 Å². The van der Waals surface area contributed by atoms with E-state index in [-0.39, 0.29) is 0 Å². The molecule has 15 heavy (non-hydrogen) atoms. The lowest BCUT2D eigenvalue weighted by atomic mass is 10.3. The summed E-state index contributed by atoms with van der Waals surface area (Å²) in [6.45, 7) is 2.04. The highest BCUT2D eigenvalue weighted by atomic mass is 32.2. The molecule has 1 aromatic rings. The fourth-order valence-corrected chi connectivity index (χ4v) is 2.53. The van der Waals surface area contributed by atoms with Crippen molar-refractivity contribution in [2.24, 2.45) is 0 Å². The highest BCUT2D eigenvalue weighted by Gasteiger charge is 2.13. The van der Waals surface area contributed by atoms with Crippen LogP contribution in [0, 0.1) is 11.3 Å². The van der Waals surface area contributed by atoms with Crippen molar-refractivity contribution in [2.45, 2.75) is 11.1 Å². The maximum absolute atomic E-state index is 11.1. The first kappa shape index (κ1) is 11.9. The average Bonchev–Trinajstić information content (AvgIpc) is 2.60. The van der Waals surface area contributed by atoms with Crippen molar-refractivity contribution < 1.29 is 9.53 Å². The number of nitriles is 1. The number of hydrogen-bond donors (Lipinski definition) is 1. The number of carbonyl (C=O) groups is 1.